The van der Waals surface area contributed by atoms with Crippen molar-refractivity contribution in [2.75, 3.05) is 6.54 Å². The highest BCUT2D eigenvalue weighted by Crippen LogP contribution is 2.21. The molecule has 82 valence electrons. The molecule has 0 aliphatic heterocycles. The van der Waals surface area contributed by atoms with Crippen LogP contribution in [-0.4, -0.2) is 24.2 Å². The number of carbonyl (C=O) groups is 1. The smallest absolute Gasteiger partial charge is 0.327 e. The first-order valence-electron chi connectivity index (χ1n) is 5.26. The maximum atomic E-state index is 11.5. The van der Waals surface area contributed by atoms with Crippen LogP contribution in [0.3, 0.4) is 0 Å². The molecule has 14 heavy (non-hydrogen) atoms. The van der Waals surface area contributed by atoms with E-state index in [1.807, 2.05) is 0 Å². The molecule has 0 aromatic heterocycles. The SMILES string of the molecule is CC(N)(CN)C(=O)OC1CCCCC1. The van der Waals surface area contributed by atoms with Gasteiger partial charge < -0.3 is 16.2 Å². The molecule has 0 saturated heterocycles. The van der Waals surface area contributed by atoms with Crippen LogP contribution in [0.1, 0.15) is 39.0 Å². The van der Waals surface area contributed by atoms with Crippen molar-refractivity contribution >= 4 is 5.97 Å². The normalized spacial score (nSPS) is 22.8. The van der Waals surface area contributed by atoms with Crippen LogP contribution in [0.15, 0.2) is 0 Å². The molecule has 0 heterocycles. The standard InChI is InChI=1S/C10H20N2O2/c1-10(12,7-11)9(13)14-8-5-3-2-4-6-8/h8H,2-7,11-12H2,1H3. The lowest BCUT2D eigenvalue weighted by molar-refractivity contribution is -0.156. The van der Waals surface area contributed by atoms with E-state index in [0.29, 0.717) is 0 Å². The van der Waals surface area contributed by atoms with Gasteiger partial charge in [-0.05, 0) is 32.6 Å². The molecule has 4 heteroatoms. The number of esters is 1. The monoisotopic (exact) mass is 200 g/mol. The molecule has 0 bridgehead atoms. The molecule has 1 atom stereocenters. The Morgan fingerprint density at radius 1 is 1.43 bits per heavy atom. The second kappa shape index (κ2) is 4.75. The van der Waals surface area contributed by atoms with E-state index in [1.165, 1.54) is 6.42 Å². The van der Waals surface area contributed by atoms with Crippen LogP contribution in [0.4, 0.5) is 0 Å². The zero-order chi connectivity index (χ0) is 10.6. The Labute approximate surface area is 85.0 Å². The molecule has 1 unspecified atom stereocenters. The van der Waals surface area contributed by atoms with E-state index < -0.39 is 5.54 Å². The Hall–Kier alpha value is -0.610. The first kappa shape index (κ1) is 11.5. The molecule has 1 fully saturated rings. The van der Waals surface area contributed by atoms with Crippen LogP contribution in [0, 0.1) is 0 Å². The van der Waals surface area contributed by atoms with Crippen molar-refractivity contribution in [1.82, 2.24) is 0 Å². The van der Waals surface area contributed by atoms with Gasteiger partial charge >= 0.3 is 5.97 Å². The zero-order valence-electron chi connectivity index (χ0n) is 8.79. The number of nitrogens with two attached hydrogens (primary N) is 2. The lowest BCUT2D eigenvalue weighted by atomic mass is 9.97. The van der Waals surface area contributed by atoms with E-state index in [0.717, 1.165) is 25.7 Å². The van der Waals surface area contributed by atoms with Crippen molar-refractivity contribution in [3.63, 3.8) is 0 Å². The lowest BCUT2D eigenvalue weighted by Gasteiger charge is -2.27. The third-order valence-electron chi connectivity index (χ3n) is 2.72. The van der Waals surface area contributed by atoms with Gasteiger partial charge in [0.25, 0.3) is 0 Å². The fraction of sp³-hybridized carbons (Fsp3) is 0.900. The molecular weight excluding hydrogens is 180 g/mol. The summed E-state index contributed by atoms with van der Waals surface area (Å²) < 4.78 is 5.30. The van der Waals surface area contributed by atoms with E-state index >= 15 is 0 Å². The first-order valence-corrected chi connectivity index (χ1v) is 5.26. The summed E-state index contributed by atoms with van der Waals surface area (Å²) in [4.78, 5) is 11.5. The number of rotatable bonds is 3. The maximum Gasteiger partial charge on any atom is 0.327 e. The van der Waals surface area contributed by atoms with Gasteiger partial charge in [-0.2, -0.15) is 0 Å². The molecule has 1 rings (SSSR count). The summed E-state index contributed by atoms with van der Waals surface area (Å²) in [5.41, 5.74) is 10.0. The van der Waals surface area contributed by atoms with E-state index in [2.05, 4.69) is 0 Å². The summed E-state index contributed by atoms with van der Waals surface area (Å²) >= 11 is 0. The van der Waals surface area contributed by atoms with Crippen molar-refractivity contribution < 1.29 is 9.53 Å². The van der Waals surface area contributed by atoms with Crippen LogP contribution in [-0.2, 0) is 9.53 Å². The third-order valence-corrected chi connectivity index (χ3v) is 2.72. The molecule has 1 aliphatic rings. The zero-order valence-corrected chi connectivity index (χ0v) is 8.79. The predicted octanol–water partition coefficient (Wildman–Crippen LogP) is 0.538. The quantitative estimate of drug-likeness (QED) is 0.652. The van der Waals surface area contributed by atoms with Gasteiger partial charge in [0.05, 0.1) is 0 Å². The van der Waals surface area contributed by atoms with E-state index in [1.54, 1.807) is 6.92 Å². The van der Waals surface area contributed by atoms with Gasteiger partial charge in [-0.1, -0.05) is 6.42 Å². The number of hydrogen-bond acceptors (Lipinski definition) is 4. The minimum atomic E-state index is -1.03. The number of ether oxygens (including phenoxy) is 1. The Morgan fingerprint density at radius 3 is 2.50 bits per heavy atom. The molecule has 0 amide bonds. The Bertz CT molecular complexity index is 198. The summed E-state index contributed by atoms with van der Waals surface area (Å²) in [6.07, 6.45) is 5.51. The summed E-state index contributed by atoms with van der Waals surface area (Å²) in [7, 11) is 0. The summed E-state index contributed by atoms with van der Waals surface area (Å²) in [6, 6.07) is 0. The molecule has 0 spiro atoms. The van der Waals surface area contributed by atoms with Gasteiger partial charge in [-0.25, -0.2) is 0 Å². The van der Waals surface area contributed by atoms with Crippen LogP contribution in [0.5, 0.6) is 0 Å². The fourth-order valence-corrected chi connectivity index (χ4v) is 1.55. The van der Waals surface area contributed by atoms with Gasteiger partial charge in [-0.15, -0.1) is 0 Å². The van der Waals surface area contributed by atoms with Gasteiger partial charge in [-0.3, -0.25) is 4.79 Å². The maximum absolute atomic E-state index is 11.5. The van der Waals surface area contributed by atoms with E-state index in [9.17, 15) is 4.79 Å². The third kappa shape index (κ3) is 2.96. The number of hydrogen-bond donors (Lipinski definition) is 2. The van der Waals surface area contributed by atoms with Gasteiger partial charge in [0.15, 0.2) is 0 Å². The average Bonchev–Trinajstić information content (AvgIpc) is 2.19. The van der Waals surface area contributed by atoms with Gasteiger partial charge in [0, 0.05) is 6.54 Å². The Kier molecular flexibility index (Phi) is 3.89. The molecule has 1 saturated carbocycles. The second-order valence-corrected chi connectivity index (χ2v) is 4.29. The molecule has 1 aliphatic carbocycles. The van der Waals surface area contributed by atoms with Gasteiger partial charge in [0.1, 0.15) is 11.6 Å². The highest BCUT2D eigenvalue weighted by molar-refractivity contribution is 5.80. The van der Waals surface area contributed by atoms with Crippen LogP contribution >= 0.6 is 0 Å². The topological polar surface area (TPSA) is 78.3 Å². The molecule has 0 aromatic rings. The van der Waals surface area contributed by atoms with Crippen molar-refractivity contribution in [2.24, 2.45) is 11.5 Å². The Balaban J connectivity index is 2.39. The van der Waals surface area contributed by atoms with Crippen molar-refractivity contribution in [1.29, 1.82) is 0 Å². The molecule has 0 radical (unpaired) electrons. The van der Waals surface area contributed by atoms with Crippen molar-refractivity contribution in [2.45, 2.75) is 50.7 Å². The number of carbonyl (C=O) groups excluding carboxylic acids is 1. The largest absolute Gasteiger partial charge is 0.461 e. The molecular formula is C10H20N2O2. The van der Waals surface area contributed by atoms with Crippen LogP contribution < -0.4 is 11.5 Å². The summed E-state index contributed by atoms with van der Waals surface area (Å²) in [5, 5.41) is 0. The molecule has 0 aromatic carbocycles. The second-order valence-electron chi connectivity index (χ2n) is 4.29. The fourth-order valence-electron chi connectivity index (χ4n) is 1.55. The minimum Gasteiger partial charge on any atom is -0.461 e. The Morgan fingerprint density at radius 2 is 2.00 bits per heavy atom. The van der Waals surface area contributed by atoms with Gasteiger partial charge in [0.2, 0.25) is 0 Å². The average molecular weight is 200 g/mol. The minimum absolute atomic E-state index is 0.0608. The van der Waals surface area contributed by atoms with Crippen LogP contribution in [0.2, 0.25) is 0 Å². The first-order chi connectivity index (χ1) is 6.56. The van der Waals surface area contributed by atoms with Crippen molar-refractivity contribution in [3.05, 3.63) is 0 Å². The summed E-state index contributed by atoms with van der Waals surface area (Å²) in [5.74, 6) is -0.369. The molecule has 4 nitrogen and oxygen atoms in total. The predicted molar refractivity (Wildman–Crippen MR) is 54.6 cm³/mol. The van der Waals surface area contributed by atoms with Crippen molar-refractivity contribution in [3.8, 4) is 0 Å². The highest BCUT2D eigenvalue weighted by Gasteiger charge is 2.30. The molecule has 4 N–H and O–H groups in total. The van der Waals surface area contributed by atoms with E-state index in [4.69, 9.17) is 16.2 Å². The van der Waals surface area contributed by atoms with Crippen LogP contribution in [0.25, 0.3) is 0 Å². The highest BCUT2D eigenvalue weighted by atomic mass is 16.5. The van der Waals surface area contributed by atoms with E-state index in [-0.39, 0.29) is 18.6 Å². The summed E-state index contributed by atoms with van der Waals surface area (Å²) in [6.45, 7) is 1.73. The lowest BCUT2D eigenvalue weighted by Crippen LogP contribution is -2.53.